The Bertz CT molecular complexity index is 1130. The van der Waals surface area contributed by atoms with Gasteiger partial charge in [0.1, 0.15) is 11.4 Å². The molecule has 1 unspecified atom stereocenters. The average Bonchev–Trinajstić information content (AvgIpc) is 3.16. The fourth-order valence-electron chi connectivity index (χ4n) is 3.22. The Morgan fingerprint density at radius 3 is 2.32 bits per heavy atom. The summed E-state index contributed by atoms with van der Waals surface area (Å²) in [7, 11) is 0. The molecule has 184 valence electrons. The lowest BCUT2D eigenvalue weighted by Crippen LogP contribution is -2.42. The molecule has 34 heavy (non-hydrogen) atoms. The molecule has 0 spiro atoms. The molecule has 0 saturated carbocycles. The number of alkyl carbamates (subject to hydrolysis) is 1. The standard InChI is InChI=1S/C22H19Cl2F5N2O3/c1-20(2,3)33-19(32)30-10-12-6-11(4-5-16(12)25)17-9-21(34-31-17,22(27,28)29)13-7-14(23)18(26)15(24)8-13/h4-8H,9-10H2,1-3H3,(H,30,32). The molecule has 2 aromatic rings. The Kier molecular flexibility index (Phi) is 7.06. The smallest absolute Gasteiger partial charge is 0.435 e. The number of carbonyl (C=O) groups is 1. The summed E-state index contributed by atoms with van der Waals surface area (Å²) in [5.41, 5.74) is -4.31. The molecule has 1 N–H and O–H groups in total. The summed E-state index contributed by atoms with van der Waals surface area (Å²) >= 11 is 11.4. The lowest BCUT2D eigenvalue weighted by molar-refractivity contribution is -0.275. The van der Waals surface area contributed by atoms with Gasteiger partial charge in [-0.2, -0.15) is 13.2 Å². The fraction of sp³-hybridized carbons (Fsp3) is 0.364. The number of amides is 1. The SMILES string of the molecule is CC(C)(C)OC(=O)NCc1cc(C2=NOC(c3cc(Cl)c(F)c(Cl)c3)(C(F)(F)F)C2)ccc1F. The zero-order valence-electron chi connectivity index (χ0n) is 18.1. The van der Waals surface area contributed by atoms with E-state index >= 15 is 0 Å². The van der Waals surface area contributed by atoms with Crippen molar-refractivity contribution in [3.8, 4) is 0 Å². The molecule has 3 rings (SSSR count). The zero-order chi connectivity index (χ0) is 25.5. The maximum Gasteiger partial charge on any atom is 0.435 e. The third-order valence-electron chi connectivity index (χ3n) is 4.84. The number of rotatable bonds is 4. The van der Waals surface area contributed by atoms with E-state index in [9.17, 15) is 26.7 Å². The molecule has 1 amide bonds. The van der Waals surface area contributed by atoms with Crippen molar-refractivity contribution >= 4 is 35.0 Å². The minimum atomic E-state index is -4.98. The van der Waals surface area contributed by atoms with Crippen LogP contribution in [0.15, 0.2) is 35.5 Å². The number of hydrogen-bond donors (Lipinski definition) is 1. The Balaban J connectivity index is 1.88. The van der Waals surface area contributed by atoms with Crippen LogP contribution in [0, 0.1) is 11.6 Å². The molecule has 2 aromatic carbocycles. The molecular formula is C22H19Cl2F5N2O3. The molecule has 0 fully saturated rings. The van der Waals surface area contributed by atoms with E-state index in [1.807, 2.05) is 0 Å². The van der Waals surface area contributed by atoms with E-state index in [2.05, 4.69) is 10.5 Å². The first kappa shape index (κ1) is 26.0. The molecular weight excluding hydrogens is 506 g/mol. The van der Waals surface area contributed by atoms with E-state index in [0.29, 0.717) is 0 Å². The average molecular weight is 525 g/mol. The Morgan fingerprint density at radius 2 is 1.76 bits per heavy atom. The van der Waals surface area contributed by atoms with Crippen LogP contribution in [0.4, 0.5) is 26.7 Å². The Morgan fingerprint density at radius 1 is 1.15 bits per heavy atom. The summed E-state index contributed by atoms with van der Waals surface area (Å²) in [4.78, 5) is 16.7. The van der Waals surface area contributed by atoms with Crippen LogP contribution in [0.3, 0.4) is 0 Å². The van der Waals surface area contributed by atoms with Crippen molar-refractivity contribution in [3.05, 3.63) is 68.7 Å². The second-order valence-corrected chi connectivity index (χ2v) is 9.36. The monoisotopic (exact) mass is 524 g/mol. The van der Waals surface area contributed by atoms with Crippen LogP contribution in [-0.2, 0) is 21.7 Å². The van der Waals surface area contributed by atoms with Crippen LogP contribution in [-0.4, -0.2) is 23.6 Å². The van der Waals surface area contributed by atoms with Gasteiger partial charge in [-0.3, -0.25) is 0 Å². The second-order valence-electron chi connectivity index (χ2n) is 8.55. The van der Waals surface area contributed by atoms with Gasteiger partial charge in [0.15, 0.2) is 5.82 Å². The van der Waals surface area contributed by atoms with E-state index in [1.54, 1.807) is 20.8 Å². The maximum absolute atomic E-state index is 14.3. The number of carbonyl (C=O) groups excluding carboxylic acids is 1. The summed E-state index contributed by atoms with van der Waals surface area (Å²) in [6, 6.07) is 5.05. The predicted octanol–water partition coefficient (Wildman–Crippen LogP) is 6.88. The molecule has 12 heteroatoms. The lowest BCUT2D eigenvalue weighted by atomic mass is 9.86. The second kappa shape index (κ2) is 9.22. The van der Waals surface area contributed by atoms with E-state index in [-0.39, 0.29) is 23.4 Å². The maximum atomic E-state index is 14.3. The number of alkyl halides is 3. The van der Waals surface area contributed by atoms with Gasteiger partial charge >= 0.3 is 12.3 Å². The van der Waals surface area contributed by atoms with Crippen molar-refractivity contribution in [1.29, 1.82) is 0 Å². The van der Waals surface area contributed by atoms with Crippen molar-refractivity contribution < 1.29 is 36.3 Å². The highest BCUT2D eigenvalue weighted by atomic mass is 35.5. The molecule has 0 aromatic heterocycles. The highest BCUT2D eigenvalue weighted by Gasteiger charge is 2.62. The number of oxime groups is 1. The topological polar surface area (TPSA) is 59.9 Å². The van der Waals surface area contributed by atoms with Gasteiger partial charge in [-0.05, 0) is 45.0 Å². The highest BCUT2D eigenvalue weighted by molar-refractivity contribution is 6.35. The molecule has 0 bridgehead atoms. The van der Waals surface area contributed by atoms with Crippen molar-refractivity contribution in [1.82, 2.24) is 5.32 Å². The van der Waals surface area contributed by atoms with Crippen molar-refractivity contribution in [2.45, 2.75) is 51.1 Å². The molecule has 1 aliphatic rings. The fourth-order valence-corrected chi connectivity index (χ4v) is 3.71. The van der Waals surface area contributed by atoms with Gasteiger partial charge in [0, 0.05) is 29.7 Å². The first-order valence-electron chi connectivity index (χ1n) is 9.85. The summed E-state index contributed by atoms with van der Waals surface area (Å²) in [5.74, 6) is -1.76. The summed E-state index contributed by atoms with van der Waals surface area (Å²) in [5, 5.41) is 4.74. The lowest BCUT2D eigenvalue weighted by Gasteiger charge is -2.29. The van der Waals surface area contributed by atoms with Crippen LogP contribution in [0.2, 0.25) is 10.0 Å². The van der Waals surface area contributed by atoms with Crippen LogP contribution in [0.25, 0.3) is 0 Å². The van der Waals surface area contributed by atoms with Crippen molar-refractivity contribution in [3.63, 3.8) is 0 Å². The number of nitrogens with one attached hydrogen (secondary N) is 1. The minimum Gasteiger partial charge on any atom is -0.444 e. The third-order valence-corrected chi connectivity index (χ3v) is 5.39. The van der Waals surface area contributed by atoms with Gasteiger partial charge in [0.2, 0.25) is 0 Å². The molecule has 0 radical (unpaired) electrons. The first-order valence-corrected chi connectivity index (χ1v) is 10.6. The number of benzene rings is 2. The third kappa shape index (κ3) is 5.38. The van der Waals surface area contributed by atoms with Crippen molar-refractivity contribution in [2.24, 2.45) is 5.16 Å². The zero-order valence-corrected chi connectivity index (χ0v) is 19.6. The van der Waals surface area contributed by atoms with Crippen LogP contribution in [0.1, 0.15) is 43.9 Å². The number of hydrogen-bond acceptors (Lipinski definition) is 4. The highest BCUT2D eigenvalue weighted by Crippen LogP contribution is 2.50. The largest absolute Gasteiger partial charge is 0.444 e. The molecule has 0 saturated heterocycles. The van der Waals surface area contributed by atoms with Gasteiger partial charge in [-0.15, -0.1) is 0 Å². The summed E-state index contributed by atoms with van der Waals surface area (Å²) in [6.07, 6.45) is -6.58. The summed E-state index contributed by atoms with van der Waals surface area (Å²) in [6.45, 7) is 4.68. The van der Waals surface area contributed by atoms with Gasteiger partial charge in [0.25, 0.3) is 5.60 Å². The van der Waals surface area contributed by atoms with E-state index in [0.717, 1.165) is 18.2 Å². The normalized spacial score (nSPS) is 18.4. The number of halogens is 7. The molecule has 1 heterocycles. The quantitative estimate of drug-likeness (QED) is 0.350. The Labute approximate surface area is 201 Å². The molecule has 0 aliphatic carbocycles. The van der Waals surface area contributed by atoms with Crippen LogP contribution < -0.4 is 5.32 Å². The van der Waals surface area contributed by atoms with E-state index < -0.39 is 57.1 Å². The van der Waals surface area contributed by atoms with Crippen LogP contribution >= 0.6 is 23.2 Å². The number of ether oxygens (including phenoxy) is 1. The number of nitrogens with zero attached hydrogens (tertiary/aromatic N) is 1. The molecule has 1 aliphatic heterocycles. The van der Waals surface area contributed by atoms with Gasteiger partial charge in [0.05, 0.1) is 15.8 Å². The van der Waals surface area contributed by atoms with E-state index in [4.69, 9.17) is 32.8 Å². The van der Waals surface area contributed by atoms with Gasteiger partial charge < -0.3 is 14.9 Å². The molecule has 5 nitrogen and oxygen atoms in total. The first-order chi connectivity index (χ1) is 15.6. The molecule has 1 atom stereocenters. The van der Waals surface area contributed by atoms with Crippen molar-refractivity contribution in [2.75, 3.05) is 0 Å². The summed E-state index contributed by atoms with van der Waals surface area (Å²) < 4.78 is 75.6. The Hall–Kier alpha value is -2.59. The van der Waals surface area contributed by atoms with Crippen LogP contribution in [0.5, 0.6) is 0 Å². The van der Waals surface area contributed by atoms with E-state index in [1.165, 1.54) is 12.1 Å². The minimum absolute atomic E-state index is 0.0107. The van der Waals surface area contributed by atoms with Gasteiger partial charge in [-0.25, -0.2) is 13.6 Å². The predicted molar refractivity (Wildman–Crippen MR) is 116 cm³/mol. The van der Waals surface area contributed by atoms with Gasteiger partial charge in [-0.1, -0.05) is 34.4 Å².